The van der Waals surface area contributed by atoms with Gasteiger partial charge in [-0.15, -0.1) is 0 Å². The maximum atomic E-state index is 5.67. The number of nitrogens with zero attached hydrogens (tertiary/aromatic N) is 2. The van der Waals surface area contributed by atoms with Gasteiger partial charge in [0, 0.05) is 11.6 Å². The van der Waals surface area contributed by atoms with Crippen molar-refractivity contribution in [2.24, 2.45) is 10.9 Å². The van der Waals surface area contributed by atoms with Crippen LogP contribution in [-0.2, 0) is 4.74 Å². The molecule has 0 amide bonds. The normalized spacial score (nSPS) is 19.1. The van der Waals surface area contributed by atoms with Gasteiger partial charge in [-0.25, -0.2) is 4.99 Å². The zero-order chi connectivity index (χ0) is 12.5. The van der Waals surface area contributed by atoms with Gasteiger partial charge >= 0.3 is 0 Å². The van der Waals surface area contributed by atoms with Crippen LogP contribution in [0.1, 0.15) is 19.4 Å². The molecule has 0 bridgehead atoms. The number of rotatable bonds is 2. The Balaban J connectivity index is 1.98. The molecule has 0 spiro atoms. The van der Waals surface area contributed by atoms with E-state index in [1.807, 2.05) is 24.4 Å². The highest BCUT2D eigenvalue weighted by Crippen LogP contribution is 2.19. The second kappa shape index (κ2) is 4.41. The summed E-state index contributed by atoms with van der Waals surface area (Å²) in [5.74, 6) is 1.24. The molecule has 2 heterocycles. The summed E-state index contributed by atoms with van der Waals surface area (Å²) in [5.41, 5.74) is 1.97. The van der Waals surface area contributed by atoms with Crippen LogP contribution in [-0.4, -0.2) is 23.5 Å². The van der Waals surface area contributed by atoms with Gasteiger partial charge in [0.25, 0.3) is 0 Å². The number of aromatic nitrogens is 1. The lowest BCUT2D eigenvalue weighted by molar-refractivity contribution is 0.292. The van der Waals surface area contributed by atoms with Gasteiger partial charge in [0.15, 0.2) is 0 Å². The summed E-state index contributed by atoms with van der Waals surface area (Å²) >= 11 is 0. The summed E-state index contributed by atoms with van der Waals surface area (Å²) in [5, 5.41) is 1.12. The number of ether oxygens (including phenoxy) is 1. The van der Waals surface area contributed by atoms with Crippen LogP contribution in [0.15, 0.2) is 41.5 Å². The molecule has 1 aromatic heterocycles. The number of aliphatic imine (C=N–C) groups is 1. The van der Waals surface area contributed by atoms with Gasteiger partial charge in [-0.3, -0.25) is 4.98 Å². The summed E-state index contributed by atoms with van der Waals surface area (Å²) in [4.78, 5) is 9.05. The van der Waals surface area contributed by atoms with E-state index in [0.29, 0.717) is 12.5 Å². The molecule has 0 fully saturated rings. The minimum absolute atomic E-state index is 0.270. The fourth-order valence-electron chi connectivity index (χ4n) is 2.08. The minimum atomic E-state index is 0.270. The summed E-state index contributed by atoms with van der Waals surface area (Å²) in [6, 6.07) is 10.4. The van der Waals surface area contributed by atoms with Gasteiger partial charge in [-0.05, 0) is 18.1 Å². The molecule has 1 aromatic carbocycles. The standard InChI is InChI=1S/C15H16N2O/c1-10(2)14-9-18-15(17-14)12-7-11-5-3-4-6-13(11)16-8-12/h3-8,10,14H,9H2,1-2H3. The molecule has 1 unspecified atom stereocenters. The fraction of sp³-hybridized carbons (Fsp3) is 0.333. The van der Waals surface area contributed by atoms with Crippen LogP contribution in [0.25, 0.3) is 10.9 Å². The molecule has 0 aliphatic carbocycles. The molecule has 92 valence electrons. The monoisotopic (exact) mass is 240 g/mol. The van der Waals surface area contributed by atoms with Crippen molar-refractivity contribution in [2.45, 2.75) is 19.9 Å². The first kappa shape index (κ1) is 11.2. The van der Waals surface area contributed by atoms with E-state index < -0.39 is 0 Å². The van der Waals surface area contributed by atoms with E-state index in [-0.39, 0.29) is 6.04 Å². The van der Waals surface area contributed by atoms with E-state index in [2.05, 4.69) is 36.0 Å². The van der Waals surface area contributed by atoms with Crippen molar-refractivity contribution in [3.8, 4) is 0 Å². The second-order valence-electron chi connectivity index (χ2n) is 4.97. The van der Waals surface area contributed by atoms with Gasteiger partial charge in [-0.2, -0.15) is 0 Å². The highest BCUT2D eigenvalue weighted by atomic mass is 16.5. The fourth-order valence-corrected chi connectivity index (χ4v) is 2.08. The molecular formula is C15H16N2O. The Kier molecular flexibility index (Phi) is 2.74. The van der Waals surface area contributed by atoms with Gasteiger partial charge in [-0.1, -0.05) is 32.0 Å². The van der Waals surface area contributed by atoms with Gasteiger partial charge in [0.1, 0.15) is 6.61 Å². The second-order valence-corrected chi connectivity index (χ2v) is 4.97. The first-order valence-electron chi connectivity index (χ1n) is 6.30. The van der Waals surface area contributed by atoms with Crippen LogP contribution in [0, 0.1) is 5.92 Å². The summed E-state index contributed by atoms with van der Waals surface area (Å²) in [6.45, 7) is 5.01. The van der Waals surface area contributed by atoms with Crippen LogP contribution in [0.2, 0.25) is 0 Å². The zero-order valence-electron chi connectivity index (χ0n) is 10.6. The van der Waals surface area contributed by atoms with Crippen molar-refractivity contribution in [3.63, 3.8) is 0 Å². The number of benzene rings is 1. The van der Waals surface area contributed by atoms with Gasteiger partial charge in [0.05, 0.1) is 17.1 Å². The van der Waals surface area contributed by atoms with E-state index in [0.717, 1.165) is 22.4 Å². The number of fused-ring (bicyclic) bond motifs is 1. The van der Waals surface area contributed by atoms with E-state index >= 15 is 0 Å². The molecule has 3 rings (SSSR count). The van der Waals surface area contributed by atoms with Crippen LogP contribution >= 0.6 is 0 Å². The highest BCUT2D eigenvalue weighted by molar-refractivity contribution is 5.98. The van der Waals surface area contributed by atoms with Crippen molar-refractivity contribution in [1.82, 2.24) is 4.98 Å². The zero-order valence-corrected chi connectivity index (χ0v) is 10.6. The third-order valence-corrected chi connectivity index (χ3v) is 3.28. The quantitative estimate of drug-likeness (QED) is 0.808. The maximum Gasteiger partial charge on any atom is 0.218 e. The Labute approximate surface area is 107 Å². The molecule has 0 radical (unpaired) electrons. The Hall–Kier alpha value is -1.90. The predicted molar refractivity (Wildman–Crippen MR) is 72.9 cm³/mol. The average molecular weight is 240 g/mol. The van der Waals surface area contributed by atoms with Crippen molar-refractivity contribution in [3.05, 3.63) is 42.1 Å². The molecule has 1 aliphatic heterocycles. The Morgan fingerprint density at radius 1 is 1.28 bits per heavy atom. The van der Waals surface area contributed by atoms with E-state index in [1.165, 1.54) is 0 Å². The lowest BCUT2D eigenvalue weighted by Gasteiger charge is -2.06. The summed E-state index contributed by atoms with van der Waals surface area (Å²) in [7, 11) is 0. The van der Waals surface area contributed by atoms with E-state index in [9.17, 15) is 0 Å². The Bertz CT molecular complexity index is 604. The van der Waals surface area contributed by atoms with Gasteiger partial charge in [0.2, 0.25) is 5.90 Å². The number of hydrogen-bond acceptors (Lipinski definition) is 3. The predicted octanol–water partition coefficient (Wildman–Crippen LogP) is 3.04. The first-order chi connectivity index (χ1) is 8.74. The van der Waals surface area contributed by atoms with Crippen molar-refractivity contribution >= 4 is 16.8 Å². The molecule has 2 aromatic rings. The van der Waals surface area contributed by atoms with E-state index in [1.54, 1.807) is 0 Å². The third-order valence-electron chi connectivity index (χ3n) is 3.28. The van der Waals surface area contributed by atoms with Crippen molar-refractivity contribution in [2.75, 3.05) is 6.61 Å². The first-order valence-corrected chi connectivity index (χ1v) is 6.30. The molecular weight excluding hydrogens is 224 g/mol. The lowest BCUT2D eigenvalue weighted by Crippen LogP contribution is -2.13. The van der Waals surface area contributed by atoms with Crippen LogP contribution in [0.5, 0.6) is 0 Å². The molecule has 1 atom stereocenters. The Morgan fingerprint density at radius 2 is 2.11 bits per heavy atom. The van der Waals surface area contributed by atoms with Crippen LogP contribution < -0.4 is 0 Å². The third kappa shape index (κ3) is 1.96. The highest BCUT2D eigenvalue weighted by Gasteiger charge is 2.22. The molecule has 0 saturated heterocycles. The SMILES string of the molecule is CC(C)C1COC(c2cnc3ccccc3c2)=N1. The molecule has 0 N–H and O–H groups in total. The smallest absolute Gasteiger partial charge is 0.218 e. The lowest BCUT2D eigenvalue weighted by atomic mass is 10.1. The topological polar surface area (TPSA) is 34.5 Å². The Morgan fingerprint density at radius 3 is 2.89 bits per heavy atom. The number of pyridine rings is 1. The number of hydrogen-bond donors (Lipinski definition) is 0. The molecule has 18 heavy (non-hydrogen) atoms. The minimum Gasteiger partial charge on any atom is -0.475 e. The van der Waals surface area contributed by atoms with Crippen molar-refractivity contribution < 1.29 is 4.74 Å². The largest absolute Gasteiger partial charge is 0.475 e. The van der Waals surface area contributed by atoms with Crippen LogP contribution in [0.3, 0.4) is 0 Å². The molecule has 3 heteroatoms. The van der Waals surface area contributed by atoms with E-state index in [4.69, 9.17) is 4.74 Å². The molecule has 1 aliphatic rings. The molecule has 3 nitrogen and oxygen atoms in total. The van der Waals surface area contributed by atoms with Gasteiger partial charge < -0.3 is 4.74 Å². The van der Waals surface area contributed by atoms with Crippen molar-refractivity contribution in [1.29, 1.82) is 0 Å². The average Bonchev–Trinajstić information content (AvgIpc) is 2.88. The number of para-hydroxylation sites is 1. The molecule has 0 saturated carbocycles. The van der Waals surface area contributed by atoms with Crippen LogP contribution in [0.4, 0.5) is 0 Å². The maximum absolute atomic E-state index is 5.67. The summed E-state index contributed by atoms with van der Waals surface area (Å²) < 4.78 is 5.67. The summed E-state index contributed by atoms with van der Waals surface area (Å²) in [6.07, 6.45) is 1.84.